The number of halogens is 2. The molecule has 0 aliphatic heterocycles. The maximum Gasteiger partial charge on any atom is 0.139 e. The number of aliphatic hydroxyl groups is 1. The van der Waals surface area contributed by atoms with Gasteiger partial charge in [0.15, 0.2) is 0 Å². The van der Waals surface area contributed by atoms with Crippen LogP contribution in [0, 0.1) is 5.82 Å². The van der Waals surface area contributed by atoms with Crippen molar-refractivity contribution >= 4 is 27.3 Å². The molecule has 0 unspecified atom stereocenters. The Bertz CT molecular complexity index is 333. The van der Waals surface area contributed by atoms with Crippen LogP contribution in [-0.2, 0) is 0 Å². The number of hydrogen-bond donors (Lipinski definition) is 2. The second-order valence-corrected chi connectivity index (χ2v) is 3.82. The largest absolute Gasteiger partial charge is 0.397 e. The molecule has 0 fully saturated rings. The fraction of sp³-hybridized carbons (Fsp3) is 0.333. The molecule has 0 atom stereocenters. The van der Waals surface area contributed by atoms with Crippen LogP contribution in [0.2, 0.25) is 0 Å². The minimum Gasteiger partial charge on any atom is -0.397 e. The van der Waals surface area contributed by atoms with E-state index in [0.29, 0.717) is 22.4 Å². The first kappa shape index (κ1) is 11.3. The first-order valence-corrected chi connectivity index (χ1v) is 4.92. The minimum atomic E-state index is -0.386. The third-order valence-electron chi connectivity index (χ3n) is 1.92. The molecule has 0 saturated heterocycles. The molecule has 0 aromatic heterocycles. The van der Waals surface area contributed by atoms with Crippen molar-refractivity contribution in [3.8, 4) is 0 Å². The first-order valence-electron chi connectivity index (χ1n) is 4.12. The van der Waals surface area contributed by atoms with E-state index in [1.165, 1.54) is 6.07 Å². The molecule has 0 aliphatic rings. The molecule has 0 aliphatic carbocycles. The van der Waals surface area contributed by atoms with Gasteiger partial charge in [-0.15, -0.1) is 0 Å². The fourth-order valence-corrected chi connectivity index (χ4v) is 1.48. The molecule has 0 amide bonds. The normalized spacial score (nSPS) is 10.3. The van der Waals surface area contributed by atoms with E-state index >= 15 is 0 Å². The number of nitrogen functional groups attached to an aromatic ring is 1. The van der Waals surface area contributed by atoms with Crippen molar-refractivity contribution in [2.45, 2.75) is 0 Å². The summed E-state index contributed by atoms with van der Waals surface area (Å²) in [5.74, 6) is -0.386. The summed E-state index contributed by atoms with van der Waals surface area (Å²) in [6.45, 7) is 0.493. The van der Waals surface area contributed by atoms with Crippen LogP contribution in [-0.4, -0.2) is 25.3 Å². The van der Waals surface area contributed by atoms with Crippen LogP contribution in [0.3, 0.4) is 0 Å². The highest BCUT2D eigenvalue weighted by atomic mass is 79.9. The Labute approximate surface area is 90.5 Å². The predicted molar refractivity (Wildman–Crippen MR) is 58.9 cm³/mol. The lowest BCUT2D eigenvalue weighted by molar-refractivity contribution is 0.304. The van der Waals surface area contributed by atoms with E-state index in [-0.39, 0.29) is 12.4 Å². The van der Waals surface area contributed by atoms with Crippen molar-refractivity contribution in [1.82, 2.24) is 0 Å². The van der Waals surface area contributed by atoms with E-state index in [9.17, 15) is 4.39 Å². The molecule has 1 rings (SSSR count). The van der Waals surface area contributed by atoms with Crippen LogP contribution in [0.5, 0.6) is 0 Å². The van der Waals surface area contributed by atoms with E-state index in [1.807, 2.05) is 0 Å². The summed E-state index contributed by atoms with van der Waals surface area (Å²) in [6.07, 6.45) is 0. The topological polar surface area (TPSA) is 49.5 Å². The van der Waals surface area contributed by atoms with Crippen molar-refractivity contribution in [3.05, 3.63) is 22.4 Å². The number of anilines is 2. The Kier molecular flexibility index (Phi) is 3.71. The zero-order chi connectivity index (χ0) is 10.7. The molecular weight excluding hydrogens is 251 g/mol. The van der Waals surface area contributed by atoms with Gasteiger partial charge in [-0.05, 0) is 22.0 Å². The SMILES string of the molecule is CN(CCO)c1cc(Br)c(F)cc1N. The number of hydrogen-bond acceptors (Lipinski definition) is 3. The molecule has 0 bridgehead atoms. The van der Waals surface area contributed by atoms with E-state index in [0.717, 1.165) is 0 Å². The lowest BCUT2D eigenvalue weighted by Gasteiger charge is -2.20. The van der Waals surface area contributed by atoms with E-state index < -0.39 is 0 Å². The van der Waals surface area contributed by atoms with Gasteiger partial charge in [0.05, 0.1) is 22.5 Å². The molecule has 0 spiro atoms. The van der Waals surface area contributed by atoms with Gasteiger partial charge in [-0.2, -0.15) is 0 Å². The lowest BCUT2D eigenvalue weighted by Crippen LogP contribution is -2.22. The number of nitrogens with two attached hydrogens (primary N) is 1. The van der Waals surface area contributed by atoms with Crippen LogP contribution in [0.4, 0.5) is 15.8 Å². The number of nitrogens with zero attached hydrogens (tertiary/aromatic N) is 1. The molecule has 5 heteroatoms. The number of aliphatic hydroxyl groups excluding tert-OH is 1. The Balaban J connectivity index is 3.02. The van der Waals surface area contributed by atoms with Gasteiger partial charge in [0.25, 0.3) is 0 Å². The molecule has 3 N–H and O–H groups in total. The van der Waals surface area contributed by atoms with E-state index in [2.05, 4.69) is 15.9 Å². The smallest absolute Gasteiger partial charge is 0.139 e. The highest BCUT2D eigenvalue weighted by Crippen LogP contribution is 2.28. The van der Waals surface area contributed by atoms with Gasteiger partial charge < -0.3 is 15.7 Å². The summed E-state index contributed by atoms with van der Waals surface area (Å²) in [5.41, 5.74) is 6.70. The summed E-state index contributed by atoms with van der Waals surface area (Å²) in [6, 6.07) is 2.85. The molecule has 14 heavy (non-hydrogen) atoms. The van der Waals surface area contributed by atoms with Crippen LogP contribution >= 0.6 is 15.9 Å². The lowest BCUT2D eigenvalue weighted by atomic mass is 10.2. The molecule has 0 radical (unpaired) electrons. The second kappa shape index (κ2) is 4.61. The van der Waals surface area contributed by atoms with E-state index in [1.54, 1.807) is 18.0 Å². The molecule has 78 valence electrons. The van der Waals surface area contributed by atoms with Gasteiger partial charge in [-0.3, -0.25) is 0 Å². The average Bonchev–Trinajstić information content (AvgIpc) is 2.11. The fourth-order valence-electron chi connectivity index (χ4n) is 1.15. The zero-order valence-corrected chi connectivity index (χ0v) is 9.38. The van der Waals surface area contributed by atoms with Crippen molar-refractivity contribution < 1.29 is 9.50 Å². The Morgan fingerprint density at radius 3 is 2.79 bits per heavy atom. The maximum atomic E-state index is 13.0. The summed E-state index contributed by atoms with van der Waals surface area (Å²) >= 11 is 3.08. The van der Waals surface area contributed by atoms with Crippen LogP contribution in [0.15, 0.2) is 16.6 Å². The minimum absolute atomic E-state index is 0.0327. The van der Waals surface area contributed by atoms with Crippen LogP contribution in [0.25, 0.3) is 0 Å². The summed E-state index contributed by atoms with van der Waals surface area (Å²) < 4.78 is 13.4. The van der Waals surface area contributed by atoms with Gasteiger partial charge in [0.2, 0.25) is 0 Å². The average molecular weight is 263 g/mol. The van der Waals surface area contributed by atoms with Crippen molar-refractivity contribution in [1.29, 1.82) is 0 Å². The standard InChI is InChI=1S/C9H12BrFN2O/c1-13(2-3-14)9-4-6(10)7(11)5-8(9)12/h4-5,14H,2-3,12H2,1H3. The number of likely N-dealkylation sites (N-methyl/N-ethyl adjacent to an activating group) is 1. The second-order valence-electron chi connectivity index (χ2n) is 2.97. The van der Waals surface area contributed by atoms with Crippen LogP contribution in [0.1, 0.15) is 0 Å². The number of rotatable bonds is 3. The van der Waals surface area contributed by atoms with Crippen LogP contribution < -0.4 is 10.6 Å². The molecular formula is C9H12BrFN2O. The quantitative estimate of drug-likeness (QED) is 0.814. The van der Waals surface area contributed by atoms with Crippen molar-refractivity contribution in [2.24, 2.45) is 0 Å². The van der Waals surface area contributed by atoms with Crippen molar-refractivity contribution in [3.63, 3.8) is 0 Å². The van der Waals surface area contributed by atoms with Gasteiger partial charge in [0.1, 0.15) is 5.82 Å². The van der Waals surface area contributed by atoms with Gasteiger partial charge in [0, 0.05) is 19.7 Å². The Hall–Kier alpha value is -0.810. The van der Waals surface area contributed by atoms with Crippen molar-refractivity contribution in [2.75, 3.05) is 30.8 Å². The van der Waals surface area contributed by atoms with E-state index in [4.69, 9.17) is 10.8 Å². The van der Waals surface area contributed by atoms with Gasteiger partial charge in [-0.1, -0.05) is 0 Å². The predicted octanol–water partition coefficient (Wildman–Crippen LogP) is 1.60. The first-order chi connectivity index (χ1) is 6.56. The molecule has 1 aromatic rings. The molecule has 1 aromatic carbocycles. The summed E-state index contributed by atoms with van der Waals surface area (Å²) in [5, 5.41) is 8.74. The summed E-state index contributed by atoms with van der Waals surface area (Å²) in [4.78, 5) is 1.76. The Morgan fingerprint density at radius 2 is 2.21 bits per heavy atom. The number of benzene rings is 1. The third kappa shape index (κ3) is 2.36. The molecule has 0 heterocycles. The highest BCUT2D eigenvalue weighted by Gasteiger charge is 2.09. The maximum absolute atomic E-state index is 13.0. The zero-order valence-electron chi connectivity index (χ0n) is 7.80. The third-order valence-corrected chi connectivity index (χ3v) is 2.52. The van der Waals surface area contributed by atoms with Gasteiger partial charge >= 0.3 is 0 Å². The highest BCUT2D eigenvalue weighted by molar-refractivity contribution is 9.10. The van der Waals surface area contributed by atoms with Gasteiger partial charge in [-0.25, -0.2) is 4.39 Å². The summed E-state index contributed by atoms with van der Waals surface area (Å²) in [7, 11) is 1.78. The molecule has 0 saturated carbocycles. The Morgan fingerprint density at radius 1 is 1.57 bits per heavy atom. The molecule has 3 nitrogen and oxygen atoms in total. The monoisotopic (exact) mass is 262 g/mol.